The van der Waals surface area contributed by atoms with Crippen LogP contribution in [0.15, 0.2) is 29.4 Å². The van der Waals surface area contributed by atoms with Gasteiger partial charge in [0.1, 0.15) is 4.90 Å². The summed E-state index contributed by atoms with van der Waals surface area (Å²) in [7, 11) is -6.66. The summed E-state index contributed by atoms with van der Waals surface area (Å²) in [5.41, 5.74) is 0. The zero-order chi connectivity index (χ0) is 22.1. The van der Waals surface area contributed by atoms with Crippen molar-refractivity contribution in [2.24, 2.45) is 0 Å². The maximum atomic E-state index is 13.2. The van der Waals surface area contributed by atoms with Gasteiger partial charge in [-0.15, -0.1) is 0 Å². The van der Waals surface area contributed by atoms with Crippen LogP contribution in [-0.2, 0) is 24.7 Å². The van der Waals surface area contributed by atoms with Crippen molar-refractivity contribution in [3.8, 4) is 0 Å². The van der Waals surface area contributed by atoms with E-state index in [1.165, 1.54) is 22.8 Å². The average molecular weight is 471 g/mol. The summed E-state index contributed by atoms with van der Waals surface area (Å²) in [6.07, 6.45) is 7.40. The van der Waals surface area contributed by atoms with Crippen LogP contribution in [0.5, 0.6) is 0 Å². The van der Waals surface area contributed by atoms with Gasteiger partial charge in [-0.3, -0.25) is 14.7 Å². The van der Waals surface area contributed by atoms with Crippen LogP contribution in [0.4, 0.5) is 0 Å². The highest BCUT2D eigenvalue weighted by Gasteiger charge is 2.39. The molecule has 0 N–H and O–H groups in total. The molecule has 0 spiro atoms. The third kappa shape index (κ3) is 5.10. The Bertz CT molecular complexity index is 986. The molecule has 1 atom stereocenters. The van der Waals surface area contributed by atoms with E-state index in [-0.39, 0.29) is 40.9 Å². The Balaban J connectivity index is 1.38. The van der Waals surface area contributed by atoms with Crippen LogP contribution in [0.2, 0.25) is 0 Å². The molecule has 0 radical (unpaired) electrons. The molecule has 3 heterocycles. The number of nitrogens with zero attached hydrogens (tertiary/aromatic N) is 4. The molecule has 3 aliphatic rings. The van der Waals surface area contributed by atoms with Gasteiger partial charge in [-0.05, 0) is 31.4 Å². The highest BCUT2D eigenvalue weighted by molar-refractivity contribution is 7.91. The van der Waals surface area contributed by atoms with E-state index in [4.69, 9.17) is 0 Å². The van der Waals surface area contributed by atoms with Crippen molar-refractivity contribution >= 4 is 25.8 Å². The quantitative estimate of drug-likeness (QED) is 0.590. The van der Waals surface area contributed by atoms with Crippen LogP contribution >= 0.6 is 0 Å². The molecular formula is C20H30N4O5S2. The molecule has 1 aromatic heterocycles. The predicted octanol–water partition coefficient (Wildman–Crippen LogP) is 0.346. The lowest BCUT2D eigenvalue weighted by Gasteiger charge is -2.38. The number of hydrogen-bond acceptors (Lipinski definition) is 7. The molecule has 9 nitrogen and oxygen atoms in total. The summed E-state index contributed by atoms with van der Waals surface area (Å²) in [5.74, 6) is 0.184. The number of hydrogen-bond donors (Lipinski definition) is 0. The molecule has 0 bridgehead atoms. The van der Waals surface area contributed by atoms with Crippen molar-refractivity contribution in [3.63, 3.8) is 0 Å². The highest BCUT2D eigenvalue weighted by atomic mass is 32.2. The molecule has 1 amide bonds. The maximum Gasteiger partial charge on any atom is 0.244 e. The van der Waals surface area contributed by atoms with E-state index >= 15 is 0 Å². The third-order valence-corrected chi connectivity index (χ3v) is 10.2. The summed E-state index contributed by atoms with van der Waals surface area (Å²) in [4.78, 5) is 21.1. The highest BCUT2D eigenvalue weighted by Crippen LogP contribution is 2.29. The number of carbonyl (C=O) groups is 1. The van der Waals surface area contributed by atoms with Gasteiger partial charge in [0, 0.05) is 50.7 Å². The SMILES string of the molecule is O=C(CN1CCN(S(=O)(=O)c2cccnc2)CC1)N(C1CCCC1)C1CCS(=O)(=O)C1. The summed E-state index contributed by atoms with van der Waals surface area (Å²) in [6.45, 7) is 1.75. The summed E-state index contributed by atoms with van der Waals surface area (Å²) in [5, 5.41) is 0. The monoisotopic (exact) mass is 470 g/mol. The van der Waals surface area contributed by atoms with Gasteiger partial charge in [-0.2, -0.15) is 4.31 Å². The second-order valence-electron chi connectivity index (χ2n) is 8.67. The van der Waals surface area contributed by atoms with Crippen molar-refractivity contribution in [1.82, 2.24) is 19.1 Å². The van der Waals surface area contributed by atoms with Crippen LogP contribution in [0.25, 0.3) is 0 Å². The van der Waals surface area contributed by atoms with Crippen molar-refractivity contribution in [1.29, 1.82) is 0 Å². The van der Waals surface area contributed by atoms with Crippen molar-refractivity contribution in [2.45, 2.75) is 49.1 Å². The van der Waals surface area contributed by atoms with E-state index in [1.54, 1.807) is 6.07 Å². The number of rotatable bonds is 6. The molecule has 1 aliphatic carbocycles. The maximum absolute atomic E-state index is 13.2. The molecule has 0 aromatic carbocycles. The topological polar surface area (TPSA) is 108 Å². The Morgan fingerprint density at radius 3 is 2.39 bits per heavy atom. The second kappa shape index (κ2) is 9.13. The largest absolute Gasteiger partial charge is 0.335 e. The van der Waals surface area contributed by atoms with Crippen molar-refractivity contribution < 1.29 is 21.6 Å². The first kappa shape index (κ1) is 22.6. The van der Waals surface area contributed by atoms with Crippen LogP contribution in [0.3, 0.4) is 0 Å². The fourth-order valence-corrected chi connectivity index (χ4v) is 8.03. The van der Waals surface area contributed by atoms with Crippen LogP contribution in [0, 0.1) is 0 Å². The smallest absolute Gasteiger partial charge is 0.244 e. The minimum absolute atomic E-state index is 0.0300. The number of sulfonamides is 1. The summed E-state index contributed by atoms with van der Waals surface area (Å²) >= 11 is 0. The molecule has 2 saturated heterocycles. The minimum Gasteiger partial charge on any atom is -0.335 e. The number of amides is 1. The molecule has 1 aromatic rings. The molecule has 3 fully saturated rings. The van der Waals surface area contributed by atoms with Gasteiger partial charge in [0.15, 0.2) is 9.84 Å². The molecule has 11 heteroatoms. The van der Waals surface area contributed by atoms with E-state index in [9.17, 15) is 21.6 Å². The number of pyridine rings is 1. The third-order valence-electron chi connectivity index (χ3n) is 6.57. The van der Waals surface area contributed by atoms with Gasteiger partial charge in [0.05, 0.1) is 18.1 Å². The van der Waals surface area contributed by atoms with Gasteiger partial charge >= 0.3 is 0 Å². The Labute approximate surface area is 184 Å². The Hall–Kier alpha value is -1.56. The van der Waals surface area contributed by atoms with E-state index < -0.39 is 19.9 Å². The second-order valence-corrected chi connectivity index (χ2v) is 12.8. The first-order valence-corrected chi connectivity index (χ1v) is 14.2. The predicted molar refractivity (Wildman–Crippen MR) is 116 cm³/mol. The molecule has 1 unspecified atom stereocenters. The number of carbonyl (C=O) groups excluding carboxylic acids is 1. The van der Waals surface area contributed by atoms with Gasteiger partial charge in [-0.25, -0.2) is 16.8 Å². The van der Waals surface area contributed by atoms with E-state index in [0.29, 0.717) is 32.6 Å². The van der Waals surface area contributed by atoms with Gasteiger partial charge in [0.25, 0.3) is 0 Å². The first-order chi connectivity index (χ1) is 14.8. The Morgan fingerprint density at radius 2 is 1.81 bits per heavy atom. The molecule has 31 heavy (non-hydrogen) atoms. The van der Waals surface area contributed by atoms with E-state index in [2.05, 4.69) is 4.98 Å². The lowest BCUT2D eigenvalue weighted by molar-refractivity contribution is -0.137. The molecule has 1 saturated carbocycles. The van der Waals surface area contributed by atoms with Gasteiger partial charge in [0.2, 0.25) is 15.9 Å². The molecule has 172 valence electrons. The molecule has 2 aliphatic heterocycles. The lowest BCUT2D eigenvalue weighted by Crippen LogP contribution is -2.54. The van der Waals surface area contributed by atoms with Crippen LogP contribution < -0.4 is 0 Å². The first-order valence-electron chi connectivity index (χ1n) is 10.9. The average Bonchev–Trinajstić information content (AvgIpc) is 3.39. The van der Waals surface area contributed by atoms with Gasteiger partial charge in [-0.1, -0.05) is 12.8 Å². The van der Waals surface area contributed by atoms with Crippen molar-refractivity contribution in [3.05, 3.63) is 24.5 Å². The minimum atomic E-state index is -3.59. The van der Waals surface area contributed by atoms with E-state index in [1.807, 2.05) is 9.80 Å². The number of aromatic nitrogens is 1. The van der Waals surface area contributed by atoms with Crippen molar-refractivity contribution in [2.75, 3.05) is 44.2 Å². The zero-order valence-electron chi connectivity index (χ0n) is 17.6. The Kier molecular flexibility index (Phi) is 6.66. The summed E-state index contributed by atoms with van der Waals surface area (Å²) in [6, 6.07) is 3.03. The number of sulfone groups is 1. The van der Waals surface area contributed by atoms with Crippen LogP contribution in [0.1, 0.15) is 32.1 Å². The van der Waals surface area contributed by atoms with E-state index in [0.717, 1.165) is 25.7 Å². The zero-order valence-corrected chi connectivity index (χ0v) is 19.2. The number of piperazine rings is 1. The lowest BCUT2D eigenvalue weighted by atomic mass is 10.1. The summed E-state index contributed by atoms with van der Waals surface area (Å²) < 4.78 is 51.0. The fourth-order valence-electron chi connectivity index (χ4n) is 4.93. The fraction of sp³-hybridized carbons (Fsp3) is 0.700. The Morgan fingerprint density at radius 1 is 1.10 bits per heavy atom. The molecular weight excluding hydrogens is 440 g/mol. The standard InChI is InChI=1S/C20H30N4O5S2/c25-20(24(17-4-1-2-5-17)18-7-13-30(26,27)16-18)15-22-9-11-23(12-10-22)31(28,29)19-6-3-8-21-14-19/h3,6,8,14,17-18H,1-2,4-5,7,9-13,15-16H2. The normalized spacial score (nSPS) is 25.6. The molecule has 4 rings (SSSR count). The van der Waals surface area contributed by atoms with Crippen LogP contribution in [-0.4, -0.2) is 98.1 Å². The van der Waals surface area contributed by atoms with Gasteiger partial charge < -0.3 is 4.90 Å².